The molecule has 0 heterocycles. The lowest BCUT2D eigenvalue weighted by Gasteiger charge is -2.05. The molecule has 23 heavy (non-hydrogen) atoms. The molecule has 5 nitrogen and oxygen atoms in total. The van der Waals surface area contributed by atoms with Crippen molar-refractivity contribution in [3.8, 4) is 0 Å². The number of aliphatic carboxylic acids is 1. The molecule has 0 spiro atoms. The van der Waals surface area contributed by atoms with Gasteiger partial charge >= 0.3 is 5.97 Å². The van der Waals surface area contributed by atoms with Crippen LogP contribution >= 0.6 is 15.9 Å². The van der Waals surface area contributed by atoms with Gasteiger partial charge in [0.1, 0.15) is 6.10 Å². The fraction of sp³-hybridized carbons (Fsp3) is 0.471. The highest BCUT2D eigenvalue weighted by Gasteiger charge is 2.01. The highest BCUT2D eigenvalue weighted by molar-refractivity contribution is 9.10. The van der Waals surface area contributed by atoms with E-state index >= 15 is 0 Å². The van der Waals surface area contributed by atoms with E-state index in [4.69, 9.17) is 5.11 Å². The molecule has 1 unspecified atom stereocenters. The van der Waals surface area contributed by atoms with Gasteiger partial charge < -0.3 is 9.94 Å². The van der Waals surface area contributed by atoms with E-state index in [9.17, 15) is 9.70 Å². The topological polar surface area (TPSA) is 76.0 Å². The van der Waals surface area contributed by atoms with Crippen molar-refractivity contribution < 1.29 is 14.7 Å². The van der Waals surface area contributed by atoms with Crippen LogP contribution in [0.1, 0.15) is 51.5 Å². The summed E-state index contributed by atoms with van der Waals surface area (Å²) >= 11 is 3.29. The van der Waals surface area contributed by atoms with E-state index in [1.807, 2.05) is 31.2 Å². The third-order valence-corrected chi connectivity index (χ3v) is 3.50. The van der Waals surface area contributed by atoms with Crippen LogP contribution in [0.3, 0.4) is 0 Å². The lowest BCUT2D eigenvalue weighted by molar-refractivity contribution is -0.131. The number of halogens is 1. The summed E-state index contributed by atoms with van der Waals surface area (Å²) in [7, 11) is 0. The molecule has 128 valence electrons. The van der Waals surface area contributed by atoms with Crippen LogP contribution in [0.15, 0.2) is 40.2 Å². The molecule has 0 radical (unpaired) electrons. The monoisotopic (exact) mass is 385 g/mol. The van der Waals surface area contributed by atoms with Crippen molar-refractivity contribution in [2.75, 3.05) is 0 Å². The summed E-state index contributed by atoms with van der Waals surface area (Å²) in [6.07, 6.45) is 8.45. The largest absolute Gasteiger partial charge is 0.478 e. The van der Waals surface area contributed by atoms with Gasteiger partial charge in [-0.3, -0.25) is 0 Å². The first-order valence-electron chi connectivity index (χ1n) is 7.64. The van der Waals surface area contributed by atoms with Crippen LogP contribution in [0.25, 0.3) is 6.08 Å². The highest BCUT2D eigenvalue weighted by Crippen LogP contribution is 2.11. The summed E-state index contributed by atoms with van der Waals surface area (Å²) in [5.41, 5.74) is 0.876. The van der Waals surface area contributed by atoms with Gasteiger partial charge in [0.15, 0.2) is 5.34 Å². The van der Waals surface area contributed by atoms with Crippen molar-refractivity contribution >= 4 is 28.0 Å². The molecule has 0 aliphatic heterocycles. The molecule has 0 fully saturated rings. The number of hydrogen-bond acceptors (Lipinski definition) is 4. The van der Waals surface area contributed by atoms with Gasteiger partial charge in [-0.1, -0.05) is 54.2 Å². The minimum atomic E-state index is -0.932. The van der Waals surface area contributed by atoms with Gasteiger partial charge in [0, 0.05) is 10.5 Å². The number of benzene rings is 1. The minimum absolute atomic E-state index is 0.00986. The van der Waals surface area contributed by atoms with E-state index in [0.29, 0.717) is 0 Å². The molecule has 6 heteroatoms. The number of nitrogens with zero attached hydrogens (tertiary/aromatic N) is 1. The fourth-order valence-electron chi connectivity index (χ4n) is 1.73. The quantitative estimate of drug-likeness (QED) is 0.260. The maximum absolute atomic E-state index is 10.1. The molecule has 0 saturated carbocycles. The van der Waals surface area contributed by atoms with Crippen molar-refractivity contribution in [3.05, 3.63) is 45.3 Å². The molecule has 1 atom stereocenters. The average Bonchev–Trinajstić information content (AvgIpc) is 2.52. The van der Waals surface area contributed by atoms with E-state index in [0.717, 1.165) is 29.0 Å². The number of unbranched alkanes of at least 4 members (excludes halogenated alkanes) is 3. The van der Waals surface area contributed by atoms with Crippen LogP contribution in [0.2, 0.25) is 0 Å². The van der Waals surface area contributed by atoms with Crippen molar-refractivity contribution in [2.45, 2.75) is 52.1 Å². The Hall–Kier alpha value is -1.69. The van der Waals surface area contributed by atoms with E-state index in [-0.39, 0.29) is 6.10 Å². The van der Waals surface area contributed by atoms with Crippen LogP contribution in [-0.2, 0) is 9.63 Å². The fourth-order valence-corrected chi connectivity index (χ4v) is 1.99. The number of carboxylic acids is 1. The summed E-state index contributed by atoms with van der Waals surface area (Å²) in [5, 5.41) is 10.7. The third kappa shape index (κ3) is 13.7. The Bertz CT molecular complexity index is 474. The first-order chi connectivity index (χ1) is 11.0. The van der Waals surface area contributed by atoms with Crippen LogP contribution in [0.5, 0.6) is 0 Å². The summed E-state index contributed by atoms with van der Waals surface area (Å²) in [6.45, 7) is 4.04. The molecule has 0 bridgehead atoms. The Balaban J connectivity index is 0.000000423. The van der Waals surface area contributed by atoms with E-state index in [1.165, 1.54) is 19.3 Å². The maximum Gasteiger partial charge on any atom is 0.328 e. The zero-order chi connectivity index (χ0) is 17.5. The molecule has 0 aromatic heterocycles. The van der Waals surface area contributed by atoms with E-state index in [1.54, 1.807) is 6.08 Å². The lowest BCUT2D eigenvalue weighted by Crippen LogP contribution is -2.02. The van der Waals surface area contributed by atoms with Crippen LogP contribution < -0.4 is 0 Å². The van der Waals surface area contributed by atoms with Gasteiger partial charge in [0.25, 0.3) is 0 Å². The van der Waals surface area contributed by atoms with Crippen molar-refractivity contribution in [1.29, 1.82) is 0 Å². The Kier molecular flexibility index (Phi) is 12.9. The Labute approximate surface area is 145 Å². The first kappa shape index (κ1) is 21.3. The number of carboxylic acid groups (broad SMARTS) is 1. The van der Waals surface area contributed by atoms with Crippen molar-refractivity contribution in [1.82, 2.24) is 0 Å². The summed E-state index contributed by atoms with van der Waals surface area (Å²) < 4.78 is 0.981. The van der Waals surface area contributed by atoms with E-state index in [2.05, 4.69) is 33.0 Å². The molecule has 0 saturated heterocycles. The molecule has 1 aromatic rings. The number of carbonyl (C=O) groups is 1. The first-order valence-corrected chi connectivity index (χ1v) is 8.44. The zero-order valence-electron chi connectivity index (χ0n) is 13.6. The number of rotatable bonds is 9. The SMILES string of the molecule is CCCCCCC(C)ON=O.O=C(O)C=Cc1ccc(Br)cc1. The Morgan fingerprint density at radius 3 is 2.48 bits per heavy atom. The second-order valence-electron chi connectivity index (χ2n) is 5.06. The molecule has 0 aliphatic carbocycles. The molecule has 1 rings (SSSR count). The Morgan fingerprint density at radius 2 is 1.96 bits per heavy atom. The zero-order valence-corrected chi connectivity index (χ0v) is 15.2. The van der Waals surface area contributed by atoms with Gasteiger partial charge in [-0.05, 0) is 43.5 Å². The van der Waals surface area contributed by atoms with E-state index < -0.39 is 5.97 Å². The van der Waals surface area contributed by atoms with Crippen LogP contribution in [-0.4, -0.2) is 17.2 Å². The van der Waals surface area contributed by atoms with Crippen molar-refractivity contribution in [2.24, 2.45) is 5.34 Å². The Morgan fingerprint density at radius 1 is 1.30 bits per heavy atom. The van der Waals surface area contributed by atoms with Gasteiger partial charge in [-0.2, -0.15) is 0 Å². The van der Waals surface area contributed by atoms with Gasteiger partial charge in [0.05, 0.1) is 0 Å². The van der Waals surface area contributed by atoms with Crippen LogP contribution in [0, 0.1) is 4.91 Å². The summed E-state index contributed by atoms with van der Waals surface area (Å²) in [6, 6.07) is 7.40. The summed E-state index contributed by atoms with van der Waals surface area (Å²) in [5.74, 6) is -0.932. The van der Waals surface area contributed by atoms with Gasteiger partial charge in [-0.25, -0.2) is 4.79 Å². The second-order valence-corrected chi connectivity index (χ2v) is 5.98. The molecule has 1 aromatic carbocycles. The van der Waals surface area contributed by atoms with Gasteiger partial charge in [0.2, 0.25) is 0 Å². The number of hydrogen-bond donors (Lipinski definition) is 1. The molecular formula is C17H24BrNO4. The lowest BCUT2D eigenvalue weighted by atomic mass is 10.1. The van der Waals surface area contributed by atoms with Crippen LogP contribution in [0.4, 0.5) is 0 Å². The predicted molar refractivity (Wildman–Crippen MR) is 95.9 cm³/mol. The third-order valence-electron chi connectivity index (χ3n) is 2.98. The highest BCUT2D eigenvalue weighted by atomic mass is 79.9. The molecule has 0 aliphatic rings. The smallest absolute Gasteiger partial charge is 0.328 e. The normalized spacial score (nSPS) is 11.4. The molecule has 1 N–H and O–H groups in total. The minimum Gasteiger partial charge on any atom is -0.478 e. The predicted octanol–water partition coefficient (Wildman–Crippen LogP) is 5.59. The maximum atomic E-state index is 10.1. The molecule has 0 amide bonds. The standard InChI is InChI=1S/C9H7BrO2.C8H17NO2/c10-8-4-1-7(2-5-8)3-6-9(11)12;1-3-4-5-6-7-8(2)11-9-10/h1-6H,(H,11,12);8H,3-7H2,1-2H3. The average molecular weight is 386 g/mol. The van der Waals surface area contributed by atoms with Crippen molar-refractivity contribution in [3.63, 3.8) is 0 Å². The summed E-state index contributed by atoms with van der Waals surface area (Å²) in [4.78, 5) is 24.3. The molecular weight excluding hydrogens is 362 g/mol. The second kappa shape index (κ2) is 13.9. The van der Waals surface area contributed by atoms with Gasteiger partial charge in [-0.15, -0.1) is 4.91 Å².